The second kappa shape index (κ2) is 3.17. The standard InChI is InChI=1S/C2H8NO4P/c3-1-8(5,6)7-2-4/h4H,1-3H2,(H,5,6). The van der Waals surface area contributed by atoms with Crippen molar-refractivity contribution in [3.05, 3.63) is 0 Å². The summed E-state index contributed by atoms with van der Waals surface area (Å²) in [6.07, 6.45) is -0.465. The van der Waals surface area contributed by atoms with Gasteiger partial charge in [-0.2, -0.15) is 0 Å². The fourth-order valence-corrected chi connectivity index (χ4v) is 0.429. The first-order valence-corrected chi connectivity index (χ1v) is 3.66. The summed E-state index contributed by atoms with van der Waals surface area (Å²) in [5.74, 6) is 0. The average Bonchev–Trinajstić information content (AvgIpc) is 1.67. The van der Waals surface area contributed by atoms with Crippen LogP contribution in [0.15, 0.2) is 0 Å². The molecule has 0 spiro atoms. The first-order chi connectivity index (χ1) is 3.62. The lowest BCUT2D eigenvalue weighted by molar-refractivity contribution is 0.0867. The Morgan fingerprint density at radius 2 is 2.25 bits per heavy atom. The predicted octanol–water partition coefficient (Wildman–Crippen LogP) is -0.946. The Bertz CT molecular complexity index is 104. The predicted molar refractivity (Wildman–Crippen MR) is 27.1 cm³/mol. The van der Waals surface area contributed by atoms with E-state index >= 15 is 0 Å². The largest absolute Gasteiger partial charge is 0.370 e. The number of nitrogens with two attached hydrogens (primary N) is 1. The second-order valence-electron chi connectivity index (χ2n) is 1.08. The van der Waals surface area contributed by atoms with Crippen LogP contribution in [0.5, 0.6) is 0 Å². The Balaban J connectivity index is 3.55. The molecule has 0 saturated carbocycles. The highest BCUT2D eigenvalue weighted by Gasteiger charge is 2.14. The lowest BCUT2D eigenvalue weighted by Gasteiger charge is -2.04. The third-order valence-electron chi connectivity index (χ3n) is 0.490. The third kappa shape index (κ3) is 3.12. The van der Waals surface area contributed by atoms with E-state index < -0.39 is 20.7 Å². The number of rotatable bonds is 3. The molecule has 0 rings (SSSR count). The van der Waals surface area contributed by atoms with Gasteiger partial charge in [-0.25, -0.2) is 0 Å². The van der Waals surface area contributed by atoms with Crippen molar-refractivity contribution < 1.29 is 19.1 Å². The summed E-state index contributed by atoms with van der Waals surface area (Å²) in [7, 11) is -3.65. The molecule has 0 heterocycles. The van der Waals surface area contributed by atoms with Crippen LogP contribution in [0.3, 0.4) is 0 Å². The second-order valence-corrected chi connectivity index (χ2v) is 2.98. The summed E-state index contributed by atoms with van der Waals surface area (Å²) >= 11 is 0. The van der Waals surface area contributed by atoms with Crippen LogP contribution in [0.4, 0.5) is 0 Å². The summed E-state index contributed by atoms with van der Waals surface area (Å²) in [6.45, 7) is -0.773. The molecule has 0 radical (unpaired) electrons. The van der Waals surface area contributed by atoms with E-state index in [1.165, 1.54) is 0 Å². The smallest absolute Gasteiger partial charge is 0.343 e. The highest BCUT2D eigenvalue weighted by atomic mass is 31.2. The molecule has 0 aliphatic rings. The summed E-state index contributed by atoms with van der Waals surface area (Å²) < 4.78 is 14.2. The molecule has 0 fully saturated rings. The minimum Gasteiger partial charge on any atom is -0.370 e. The zero-order valence-corrected chi connectivity index (χ0v) is 5.04. The molecule has 0 aliphatic heterocycles. The lowest BCUT2D eigenvalue weighted by atomic mass is 11.5. The number of aliphatic hydroxyl groups excluding tert-OH is 1. The topological polar surface area (TPSA) is 92.8 Å². The molecule has 0 saturated heterocycles. The Kier molecular flexibility index (Phi) is 3.19. The molecule has 0 aromatic rings. The van der Waals surface area contributed by atoms with Crippen molar-refractivity contribution in [2.45, 2.75) is 0 Å². The molecule has 0 amide bonds. The van der Waals surface area contributed by atoms with Crippen molar-refractivity contribution in [1.29, 1.82) is 0 Å². The fourth-order valence-electron chi connectivity index (χ4n) is 0.143. The normalized spacial score (nSPS) is 17.9. The molecule has 50 valence electrons. The zero-order valence-electron chi connectivity index (χ0n) is 4.15. The van der Waals surface area contributed by atoms with Gasteiger partial charge in [-0.1, -0.05) is 0 Å². The van der Waals surface area contributed by atoms with E-state index in [1.807, 2.05) is 0 Å². The first-order valence-electron chi connectivity index (χ1n) is 1.89. The van der Waals surface area contributed by atoms with Crippen LogP contribution in [0.25, 0.3) is 0 Å². The van der Waals surface area contributed by atoms with Crippen LogP contribution in [-0.4, -0.2) is 23.1 Å². The van der Waals surface area contributed by atoms with Crippen LogP contribution in [0.2, 0.25) is 0 Å². The summed E-state index contributed by atoms with van der Waals surface area (Å²) in [5, 5.41) is 7.92. The SMILES string of the molecule is NCP(=O)(O)OCO. The maximum atomic E-state index is 10.2. The van der Waals surface area contributed by atoms with E-state index in [1.54, 1.807) is 0 Å². The molecular formula is C2H8NO4P. The molecule has 1 atom stereocenters. The summed E-state index contributed by atoms with van der Waals surface area (Å²) in [5.41, 5.74) is 4.74. The minimum atomic E-state index is -3.65. The Morgan fingerprint density at radius 1 is 1.75 bits per heavy atom. The van der Waals surface area contributed by atoms with Gasteiger partial charge in [0.05, 0.1) is 6.29 Å². The maximum absolute atomic E-state index is 10.2. The van der Waals surface area contributed by atoms with Gasteiger partial charge in [0.2, 0.25) is 0 Å². The van der Waals surface area contributed by atoms with Crippen molar-refractivity contribution in [3.8, 4) is 0 Å². The van der Waals surface area contributed by atoms with Crippen LogP contribution < -0.4 is 5.73 Å². The highest BCUT2D eigenvalue weighted by molar-refractivity contribution is 7.52. The van der Waals surface area contributed by atoms with Crippen LogP contribution in [0.1, 0.15) is 0 Å². The van der Waals surface area contributed by atoms with E-state index in [0.29, 0.717) is 0 Å². The van der Waals surface area contributed by atoms with Crippen molar-refractivity contribution in [2.75, 3.05) is 13.1 Å². The minimum absolute atomic E-state index is 0.465. The van der Waals surface area contributed by atoms with E-state index in [2.05, 4.69) is 4.52 Å². The van der Waals surface area contributed by atoms with Gasteiger partial charge in [0, 0.05) is 0 Å². The maximum Gasteiger partial charge on any atom is 0.343 e. The third-order valence-corrected chi connectivity index (χ3v) is 1.47. The van der Waals surface area contributed by atoms with Gasteiger partial charge in [-0.3, -0.25) is 9.09 Å². The van der Waals surface area contributed by atoms with Crippen molar-refractivity contribution >= 4 is 7.60 Å². The molecular weight excluding hydrogens is 133 g/mol. The molecule has 0 aliphatic carbocycles. The van der Waals surface area contributed by atoms with Gasteiger partial charge < -0.3 is 15.7 Å². The quantitative estimate of drug-likeness (QED) is 0.348. The van der Waals surface area contributed by atoms with Crippen LogP contribution in [-0.2, 0) is 9.09 Å². The Hall–Kier alpha value is 0.0700. The van der Waals surface area contributed by atoms with E-state index in [0.717, 1.165) is 0 Å². The Labute approximate surface area is 46.6 Å². The molecule has 4 N–H and O–H groups in total. The van der Waals surface area contributed by atoms with Crippen molar-refractivity contribution in [2.24, 2.45) is 5.73 Å². The van der Waals surface area contributed by atoms with E-state index in [4.69, 9.17) is 15.7 Å². The molecule has 0 aromatic heterocycles. The lowest BCUT2D eigenvalue weighted by Crippen LogP contribution is -2.03. The zero-order chi connectivity index (χ0) is 6.62. The number of hydrogen-bond donors (Lipinski definition) is 3. The first kappa shape index (κ1) is 8.07. The average molecular weight is 141 g/mol. The van der Waals surface area contributed by atoms with Crippen molar-refractivity contribution in [3.63, 3.8) is 0 Å². The molecule has 6 heteroatoms. The van der Waals surface area contributed by atoms with Gasteiger partial charge in [0.1, 0.15) is 0 Å². The molecule has 8 heavy (non-hydrogen) atoms. The number of aliphatic hydroxyl groups is 1. The van der Waals surface area contributed by atoms with Crippen molar-refractivity contribution in [1.82, 2.24) is 0 Å². The van der Waals surface area contributed by atoms with Gasteiger partial charge >= 0.3 is 7.60 Å². The Morgan fingerprint density at radius 3 is 2.38 bits per heavy atom. The molecule has 1 unspecified atom stereocenters. The summed E-state index contributed by atoms with van der Waals surface area (Å²) in [6, 6.07) is 0. The molecule has 0 bridgehead atoms. The van der Waals surface area contributed by atoms with Crippen LogP contribution in [0, 0.1) is 0 Å². The van der Waals surface area contributed by atoms with Crippen LogP contribution >= 0.6 is 7.60 Å². The summed E-state index contributed by atoms with van der Waals surface area (Å²) in [4.78, 5) is 8.37. The highest BCUT2D eigenvalue weighted by Crippen LogP contribution is 2.38. The van der Waals surface area contributed by atoms with Gasteiger partial charge in [0.25, 0.3) is 0 Å². The van der Waals surface area contributed by atoms with E-state index in [9.17, 15) is 4.57 Å². The number of hydrogen-bond acceptors (Lipinski definition) is 4. The fraction of sp³-hybridized carbons (Fsp3) is 1.00. The molecule has 5 nitrogen and oxygen atoms in total. The van der Waals surface area contributed by atoms with Gasteiger partial charge in [-0.15, -0.1) is 0 Å². The van der Waals surface area contributed by atoms with Gasteiger partial charge in [0.15, 0.2) is 6.79 Å². The van der Waals surface area contributed by atoms with E-state index in [-0.39, 0.29) is 0 Å². The molecule has 0 aromatic carbocycles. The monoisotopic (exact) mass is 141 g/mol. The van der Waals surface area contributed by atoms with Gasteiger partial charge in [-0.05, 0) is 0 Å².